The number of aromatic nitrogens is 2. The van der Waals surface area contributed by atoms with E-state index in [1.807, 2.05) is 28.8 Å². The zero-order valence-electron chi connectivity index (χ0n) is 8.08. The standard InChI is InChI=1S/C10H7N3O2S/c14-9-7(16-10(15)12-9)8-11-5-6-3-1-2-4-13(6)8/h1-5,7H,(H,12,14,15). The van der Waals surface area contributed by atoms with Gasteiger partial charge in [-0.2, -0.15) is 0 Å². The van der Waals surface area contributed by atoms with E-state index in [1.54, 1.807) is 6.20 Å². The molecule has 80 valence electrons. The van der Waals surface area contributed by atoms with Gasteiger partial charge < -0.3 is 4.40 Å². The number of imide groups is 1. The largest absolute Gasteiger partial charge is 0.302 e. The molecule has 2 aromatic heterocycles. The van der Waals surface area contributed by atoms with Crippen LogP contribution >= 0.6 is 11.8 Å². The third-order valence-electron chi connectivity index (χ3n) is 2.39. The van der Waals surface area contributed by atoms with Crippen LogP contribution in [0.5, 0.6) is 0 Å². The smallest absolute Gasteiger partial charge is 0.286 e. The maximum Gasteiger partial charge on any atom is 0.286 e. The van der Waals surface area contributed by atoms with Crippen LogP contribution in [0, 0.1) is 0 Å². The molecular weight excluding hydrogens is 226 g/mol. The molecule has 0 aromatic carbocycles. The predicted molar refractivity (Wildman–Crippen MR) is 59.1 cm³/mol. The molecule has 16 heavy (non-hydrogen) atoms. The summed E-state index contributed by atoms with van der Waals surface area (Å²) in [5.74, 6) is 0.287. The summed E-state index contributed by atoms with van der Waals surface area (Å²) in [5.41, 5.74) is 0.908. The second-order valence-corrected chi connectivity index (χ2v) is 4.46. The number of rotatable bonds is 1. The molecule has 0 spiro atoms. The SMILES string of the molecule is O=C1NC(=O)C(c2ncc3ccccn23)S1. The molecule has 5 nitrogen and oxygen atoms in total. The summed E-state index contributed by atoms with van der Waals surface area (Å²) in [4.78, 5) is 26.8. The molecule has 3 rings (SSSR count). The van der Waals surface area contributed by atoms with Gasteiger partial charge in [-0.15, -0.1) is 0 Å². The zero-order chi connectivity index (χ0) is 11.1. The maximum absolute atomic E-state index is 11.5. The Morgan fingerprint density at radius 3 is 3.00 bits per heavy atom. The van der Waals surface area contributed by atoms with Gasteiger partial charge in [-0.25, -0.2) is 4.98 Å². The van der Waals surface area contributed by atoms with E-state index in [0.29, 0.717) is 5.82 Å². The number of hydrogen-bond acceptors (Lipinski definition) is 4. The molecule has 2 aromatic rings. The summed E-state index contributed by atoms with van der Waals surface area (Å²) < 4.78 is 1.82. The van der Waals surface area contributed by atoms with Gasteiger partial charge in [0.25, 0.3) is 5.24 Å². The Bertz CT molecular complexity index is 593. The van der Waals surface area contributed by atoms with E-state index in [4.69, 9.17) is 0 Å². The number of carbonyl (C=O) groups excluding carboxylic acids is 2. The molecule has 0 aliphatic carbocycles. The average molecular weight is 233 g/mol. The number of amides is 2. The lowest BCUT2D eigenvalue weighted by atomic mass is 10.3. The molecular formula is C10H7N3O2S. The number of pyridine rings is 1. The van der Waals surface area contributed by atoms with Gasteiger partial charge in [0, 0.05) is 6.20 Å². The topological polar surface area (TPSA) is 63.5 Å². The van der Waals surface area contributed by atoms with E-state index in [2.05, 4.69) is 10.3 Å². The lowest BCUT2D eigenvalue weighted by Gasteiger charge is -2.03. The van der Waals surface area contributed by atoms with Crippen molar-refractivity contribution in [3.63, 3.8) is 0 Å². The van der Waals surface area contributed by atoms with Crippen molar-refractivity contribution in [1.29, 1.82) is 0 Å². The van der Waals surface area contributed by atoms with E-state index in [9.17, 15) is 9.59 Å². The Labute approximate surface area is 94.9 Å². The summed E-state index contributed by atoms with van der Waals surface area (Å²) in [6.45, 7) is 0. The summed E-state index contributed by atoms with van der Waals surface area (Å²) in [5, 5.41) is 1.39. The highest BCUT2D eigenvalue weighted by molar-refractivity contribution is 8.15. The van der Waals surface area contributed by atoms with Crippen LogP contribution in [0.15, 0.2) is 30.6 Å². The summed E-state index contributed by atoms with van der Waals surface area (Å²) in [7, 11) is 0. The van der Waals surface area contributed by atoms with Crippen molar-refractivity contribution in [2.24, 2.45) is 0 Å². The van der Waals surface area contributed by atoms with Crippen molar-refractivity contribution in [3.05, 3.63) is 36.4 Å². The van der Waals surface area contributed by atoms with Crippen LogP contribution in [0.3, 0.4) is 0 Å². The number of thioether (sulfide) groups is 1. The maximum atomic E-state index is 11.5. The Kier molecular flexibility index (Phi) is 1.97. The Morgan fingerprint density at radius 1 is 1.38 bits per heavy atom. The number of hydrogen-bond donors (Lipinski definition) is 1. The summed E-state index contributed by atoms with van der Waals surface area (Å²) in [6.07, 6.45) is 3.51. The third-order valence-corrected chi connectivity index (χ3v) is 3.37. The fraction of sp³-hybridized carbons (Fsp3) is 0.100. The van der Waals surface area contributed by atoms with Crippen LogP contribution in [-0.4, -0.2) is 20.5 Å². The van der Waals surface area contributed by atoms with Crippen molar-refractivity contribution in [2.75, 3.05) is 0 Å². The van der Waals surface area contributed by atoms with E-state index in [-0.39, 0.29) is 11.1 Å². The zero-order valence-corrected chi connectivity index (χ0v) is 8.90. The van der Waals surface area contributed by atoms with E-state index in [1.165, 1.54) is 0 Å². The van der Waals surface area contributed by atoms with Gasteiger partial charge in [0.05, 0.1) is 11.7 Å². The van der Waals surface area contributed by atoms with Crippen molar-refractivity contribution < 1.29 is 9.59 Å². The first-order valence-electron chi connectivity index (χ1n) is 4.69. The summed E-state index contributed by atoms with van der Waals surface area (Å²) >= 11 is 0.963. The van der Waals surface area contributed by atoms with Gasteiger partial charge in [-0.1, -0.05) is 6.07 Å². The van der Waals surface area contributed by atoms with Crippen LogP contribution < -0.4 is 5.32 Å². The van der Waals surface area contributed by atoms with Crippen molar-refractivity contribution >= 4 is 28.4 Å². The molecule has 2 amide bonds. The number of nitrogens with zero attached hydrogens (tertiary/aromatic N) is 2. The third kappa shape index (κ3) is 1.30. The molecule has 0 saturated carbocycles. The van der Waals surface area contributed by atoms with E-state index >= 15 is 0 Å². The minimum absolute atomic E-state index is 0.300. The predicted octanol–water partition coefficient (Wildman–Crippen LogP) is 1.36. The molecule has 1 N–H and O–H groups in total. The quantitative estimate of drug-likeness (QED) is 0.807. The fourth-order valence-corrected chi connectivity index (χ4v) is 2.50. The van der Waals surface area contributed by atoms with Crippen LogP contribution in [0.2, 0.25) is 0 Å². The van der Waals surface area contributed by atoms with Gasteiger partial charge in [-0.3, -0.25) is 14.9 Å². The highest BCUT2D eigenvalue weighted by atomic mass is 32.2. The molecule has 1 atom stereocenters. The minimum atomic E-state index is -0.544. The Morgan fingerprint density at radius 2 is 2.25 bits per heavy atom. The second kappa shape index (κ2) is 3.34. The minimum Gasteiger partial charge on any atom is -0.302 e. The summed E-state index contributed by atoms with van der Waals surface area (Å²) in [6, 6.07) is 5.65. The van der Waals surface area contributed by atoms with Gasteiger partial charge in [-0.05, 0) is 23.9 Å². The Balaban J connectivity index is 2.13. The molecule has 1 aliphatic rings. The molecule has 1 aliphatic heterocycles. The van der Waals surface area contributed by atoms with E-state index < -0.39 is 5.25 Å². The van der Waals surface area contributed by atoms with Crippen molar-refractivity contribution in [3.8, 4) is 0 Å². The first-order valence-corrected chi connectivity index (χ1v) is 5.57. The fourth-order valence-electron chi connectivity index (χ4n) is 1.68. The second-order valence-electron chi connectivity index (χ2n) is 3.39. The van der Waals surface area contributed by atoms with Gasteiger partial charge in [0.1, 0.15) is 5.82 Å². The molecule has 1 unspecified atom stereocenters. The highest BCUT2D eigenvalue weighted by Gasteiger charge is 2.35. The monoisotopic (exact) mass is 233 g/mol. The molecule has 6 heteroatoms. The molecule has 0 bridgehead atoms. The lowest BCUT2D eigenvalue weighted by molar-refractivity contribution is -0.119. The van der Waals surface area contributed by atoms with Crippen LogP contribution in [0.25, 0.3) is 5.52 Å². The van der Waals surface area contributed by atoms with Gasteiger partial charge in [0.15, 0.2) is 5.25 Å². The first kappa shape index (κ1) is 9.41. The molecule has 1 saturated heterocycles. The van der Waals surface area contributed by atoms with Crippen LogP contribution in [-0.2, 0) is 4.79 Å². The molecule has 0 radical (unpaired) electrons. The number of fused-ring (bicyclic) bond motifs is 1. The van der Waals surface area contributed by atoms with Crippen LogP contribution in [0.4, 0.5) is 4.79 Å². The normalized spacial score (nSPS) is 20.4. The lowest BCUT2D eigenvalue weighted by Crippen LogP contribution is -2.21. The number of imidazole rings is 1. The molecule has 3 heterocycles. The average Bonchev–Trinajstić information content (AvgIpc) is 2.81. The molecule has 1 fully saturated rings. The van der Waals surface area contributed by atoms with Crippen LogP contribution in [0.1, 0.15) is 11.1 Å². The number of carbonyl (C=O) groups is 2. The van der Waals surface area contributed by atoms with Crippen molar-refractivity contribution in [2.45, 2.75) is 5.25 Å². The number of nitrogens with one attached hydrogen (secondary N) is 1. The van der Waals surface area contributed by atoms with E-state index in [0.717, 1.165) is 17.3 Å². The van der Waals surface area contributed by atoms with Crippen molar-refractivity contribution in [1.82, 2.24) is 14.7 Å². The van der Waals surface area contributed by atoms with Gasteiger partial charge >= 0.3 is 0 Å². The Hall–Kier alpha value is -1.82. The van der Waals surface area contributed by atoms with Gasteiger partial charge in [0.2, 0.25) is 5.91 Å². The first-order chi connectivity index (χ1) is 7.75. The highest BCUT2D eigenvalue weighted by Crippen LogP contribution is 2.33.